The first-order chi connectivity index (χ1) is 5.77. The van der Waals surface area contributed by atoms with Crippen molar-refractivity contribution in [2.75, 3.05) is 0 Å². The van der Waals surface area contributed by atoms with Gasteiger partial charge >= 0.3 is 0 Å². The maximum absolute atomic E-state index is 9.68. The molecule has 0 aromatic rings. The van der Waals surface area contributed by atoms with Gasteiger partial charge in [-0.25, -0.2) is 0 Å². The molecule has 2 heteroatoms. The Morgan fingerprint density at radius 3 is 2.58 bits per heavy atom. The van der Waals surface area contributed by atoms with Crippen molar-refractivity contribution in [1.82, 2.24) is 0 Å². The molecule has 1 aliphatic carbocycles. The number of aliphatic hydroxyl groups is 1. The Kier molecular flexibility index (Phi) is 2.37. The number of hydrogen-bond donors (Lipinski definition) is 1. The summed E-state index contributed by atoms with van der Waals surface area (Å²) in [5.41, 5.74) is 0. The highest BCUT2D eigenvalue weighted by Crippen LogP contribution is 2.34. The van der Waals surface area contributed by atoms with E-state index in [1.165, 1.54) is 19.3 Å². The summed E-state index contributed by atoms with van der Waals surface area (Å²) in [7, 11) is 0. The van der Waals surface area contributed by atoms with Crippen LogP contribution in [0.5, 0.6) is 0 Å². The molecule has 1 N–H and O–H groups in total. The molecule has 0 radical (unpaired) electrons. The lowest BCUT2D eigenvalue weighted by Crippen LogP contribution is -2.25. The standard InChI is InChI=1S/C10H18O2/c1-7-10(12-7)6-8-4-2-3-5-9(8)11/h7-11H,2-6H2,1H3/t7-,8-,9+,10-/m0/s1. The lowest BCUT2D eigenvalue weighted by atomic mass is 9.83. The molecule has 0 amide bonds. The summed E-state index contributed by atoms with van der Waals surface area (Å²) < 4.78 is 5.36. The quantitative estimate of drug-likeness (QED) is 0.640. The minimum atomic E-state index is -0.0462. The van der Waals surface area contributed by atoms with E-state index in [4.69, 9.17) is 4.74 Å². The summed E-state index contributed by atoms with van der Waals surface area (Å²) in [6.07, 6.45) is 6.67. The Hall–Kier alpha value is -0.0800. The second-order valence-electron chi connectivity index (χ2n) is 4.23. The molecule has 1 aliphatic heterocycles. The highest BCUT2D eigenvalue weighted by Gasteiger charge is 2.38. The fraction of sp³-hybridized carbons (Fsp3) is 1.00. The van der Waals surface area contributed by atoms with Gasteiger partial charge in [0.2, 0.25) is 0 Å². The summed E-state index contributed by atoms with van der Waals surface area (Å²) in [4.78, 5) is 0. The summed E-state index contributed by atoms with van der Waals surface area (Å²) >= 11 is 0. The predicted molar refractivity (Wildman–Crippen MR) is 46.9 cm³/mol. The topological polar surface area (TPSA) is 32.8 Å². The maximum atomic E-state index is 9.68. The van der Waals surface area contributed by atoms with Gasteiger partial charge in [-0.15, -0.1) is 0 Å². The van der Waals surface area contributed by atoms with Crippen molar-refractivity contribution in [2.24, 2.45) is 5.92 Å². The Morgan fingerprint density at radius 1 is 1.33 bits per heavy atom. The van der Waals surface area contributed by atoms with Crippen LogP contribution in [0.1, 0.15) is 39.0 Å². The Bertz CT molecular complexity index is 158. The third-order valence-corrected chi connectivity index (χ3v) is 3.24. The second kappa shape index (κ2) is 3.35. The van der Waals surface area contributed by atoms with E-state index < -0.39 is 0 Å². The molecule has 1 heterocycles. The van der Waals surface area contributed by atoms with E-state index in [0.29, 0.717) is 18.1 Å². The molecule has 1 saturated carbocycles. The van der Waals surface area contributed by atoms with E-state index in [2.05, 4.69) is 6.92 Å². The number of epoxide rings is 1. The number of rotatable bonds is 2. The molecular weight excluding hydrogens is 152 g/mol. The maximum Gasteiger partial charge on any atom is 0.0842 e. The highest BCUT2D eigenvalue weighted by atomic mass is 16.6. The fourth-order valence-corrected chi connectivity index (χ4v) is 2.24. The zero-order chi connectivity index (χ0) is 8.55. The van der Waals surface area contributed by atoms with E-state index in [9.17, 15) is 5.11 Å². The van der Waals surface area contributed by atoms with E-state index in [1.54, 1.807) is 0 Å². The molecule has 1 saturated heterocycles. The zero-order valence-electron chi connectivity index (χ0n) is 7.70. The van der Waals surface area contributed by atoms with Gasteiger partial charge in [-0.05, 0) is 32.1 Å². The van der Waals surface area contributed by atoms with Crippen LogP contribution in [0.3, 0.4) is 0 Å². The SMILES string of the molecule is C[C@@H]1O[C@H]1C[C@@H]1CCCC[C@H]1O. The van der Waals surface area contributed by atoms with Crippen LogP contribution in [0.2, 0.25) is 0 Å². The molecule has 2 aliphatic rings. The monoisotopic (exact) mass is 170 g/mol. The largest absolute Gasteiger partial charge is 0.393 e. The van der Waals surface area contributed by atoms with Gasteiger partial charge in [-0.1, -0.05) is 12.8 Å². The number of hydrogen-bond acceptors (Lipinski definition) is 2. The molecule has 0 bridgehead atoms. The van der Waals surface area contributed by atoms with Crippen molar-refractivity contribution in [3.05, 3.63) is 0 Å². The summed E-state index contributed by atoms with van der Waals surface area (Å²) in [6.45, 7) is 2.11. The van der Waals surface area contributed by atoms with E-state index in [0.717, 1.165) is 12.8 Å². The highest BCUT2D eigenvalue weighted by molar-refractivity contribution is 4.86. The third-order valence-electron chi connectivity index (χ3n) is 3.24. The molecule has 12 heavy (non-hydrogen) atoms. The van der Waals surface area contributed by atoms with Crippen molar-refractivity contribution in [1.29, 1.82) is 0 Å². The van der Waals surface area contributed by atoms with Crippen molar-refractivity contribution in [3.63, 3.8) is 0 Å². The summed E-state index contributed by atoms with van der Waals surface area (Å²) in [5, 5.41) is 9.68. The molecular formula is C10H18O2. The number of ether oxygens (including phenoxy) is 1. The van der Waals surface area contributed by atoms with E-state index in [1.807, 2.05) is 0 Å². The van der Waals surface area contributed by atoms with Crippen molar-refractivity contribution < 1.29 is 9.84 Å². The van der Waals surface area contributed by atoms with Crippen LogP contribution in [0.4, 0.5) is 0 Å². The van der Waals surface area contributed by atoms with Crippen molar-refractivity contribution in [3.8, 4) is 0 Å². The molecule has 0 spiro atoms. The van der Waals surface area contributed by atoms with Gasteiger partial charge in [0.1, 0.15) is 0 Å². The lowest BCUT2D eigenvalue weighted by molar-refractivity contribution is 0.0610. The van der Waals surface area contributed by atoms with Gasteiger partial charge in [-0.2, -0.15) is 0 Å². The van der Waals surface area contributed by atoms with Gasteiger partial charge in [0, 0.05) is 0 Å². The van der Waals surface area contributed by atoms with Crippen LogP contribution in [0, 0.1) is 5.92 Å². The predicted octanol–water partition coefficient (Wildman–Crippen LogP) is 1.71. The average Bonchev–Trinajstić information content (AvgIpc) is 2.72. The Morgan fingerprint density at radius 2 is 2.00 bits per heavy atom. The van der Waals surface area contributed by atoms with Crippen LogP contribution in [0.25, 0.3) is 0 Å². The average molecular weight is 170 g/mol. The van der Waals surface area contributed by atoms with Gasteiger partial charge in [0.05, 0.1) is 18.3 Å². The van der Waals surface area contributed by atoms with E-state index in [-0.39, 0.29) is 6.10 Å². The molecule has 0 unspecified atom stereocenters. The molecule has 0 aromatic heterocycles. The first kappa shape index (κ1) is 8.52. The van der Waals surface area contributed by atoms with Gasteiger partial charge in [-0.3, -0.25) is 0 Å². The minimum Gasteiger partial charge on any atom is -0.393 e. The summed E-state index contributed by atoms with van der Waals surface area (Å²) in [5.74, 6) is 0.522. The first-order valence-electron chi connectivity index (χ1n) is 5.11. The third kappa shape index (κ3) is 1.80. The molecule has 4 atom stereocenters. The second-order valence-corrected chi connectivity index (χ2v) is 4.23. The van der Waals surface area contributed by atoms with Gasteiger partial charge in [0.15, 0.2) is 0 Å². The van der Waals surface area contributed by atoms with Gasteiger partial charge < -0.3 is 9.84 Å². The van der Waals surface area contributed by atoms with Crippen molar-refractivity contribution >= 4 is 0 Å². The van der Waals surface area contributed by atoms with E-state index >= 15 is 0 Å². The van der Waals surface area contributed by atoms with Crippen LogP contribution < -0.4 is 0 Å². The lowest BCUT2D eigenvalue weighted by Gasteiger charge is -2.26. The molecule has 2 nitrogen and oxygen atoms in total. The summed E-state index contributed by atoms with van der Waals surface area (Å²) in [6, 6.07) is 0. The van der Waals surface area contributed by atoms with Crippen molar-refractivity contribution in [2.45, 2.75) is 57.3 Å². The fourth-order valence-electron chi connectivity index (χ4n) is 2.24. The van der Waals surface area contributed by atoms with Crippen LogP contribution in [-0.4, -0.2) is 23.4 Å². The number of aliphatic hydroxyl groups excluding tert-OH is 1. The zero-order valence-corrected chi connectivity index (χ0v) is 7.70. The van der Waals surface area contributed by atoms with Crippen LogP contribution in [0.15, 0.2) is 0 Å². The van der Waals surface area contributed by atoms with Crippen LogP contribution >= 0.6 is 0 Å². The smallest absolute Gasteiger partial charge is 0.0842 e. The Balaban J connectivity index is 1.77. The molecule has 2 rings (SSSR count). The molecule has 70 valence electrons. The van der Waals surface area contributed by atoms with Crippen LogP contribution in [-0.2, 0) is 4.74 Å². The Labute approximate surface area is 73.9 Å². The normalized spacial score (nSPS) is 47.5. The molecule has 2 fully saturated rings. The molecule has 0 aromatic carbocycles. The first-order valence-corrected chi connectivity index (χ1v) is 5.11. The minimum absolute atomic E-state index is 0.0462. The van der Waals surface area contributed by atoms with Gasteiger partial charge in [0.25, 0.3) is 0 Å².